The van der Waals surface area contributed by atoms with Crippen molar-refractivity contribution in [3.63, 3.8) is 0 Å². The summed E-state index contributed by atoms with van der Waals surface area (Å²) in [5.74, 6) is 0. The van der Waals surface area contributed by atoms with Crippen molar-refractivity contribution in [2.45, 2.75) is 25.3 Å². The van der Waals surface area contributed by atoms with E-state index in [0.29, 0.717) is 0 Å². The first-order chi connectivity index (χ1) is 13.4. The molecule has 0 saturated carbocycles. The van der Waals surface area contributed by atoms with Crippen LogP contribution in [0.4, 0.5) is 0 Å². The smallest absolute Gasteiger partial charge is 0.106 e. The van der Waals surface area contributed by atoms with Gasteiger partial charge in [-0.2, -0.15) is 0 Å². The predicted molar refractivity (Wildman–Crippen MR) is 111 cm³/mol. The fourth-order valence-electron chi connectivity index (χ4n) is 3.92. The van der Waals surface area contributed by atoms with E-state index in [1.54, 1.807) is 6.26 Å². The maximum absolute atomic E-state index is 8.85. The highest BCUT2D eigenvalue weighted by molar-refractivity contribution is 6.08. The van der Waals surface area contributed by atoms with Crippen LogP contribution < -0.4 is 0 Å². The van der Waals surface area contributed by atoms with Crippen molar-refractivity contribution >= 4 is 21.5 Å². The molecule has 0 fully saturated rings. The molecular weight excluding hydrogens is 334 g/mol. The summed E-state index contributed by atoms with van der Waals surface area (Å²) in [6.45, 7) is 0.733. The topological polar surface area (TPSA) is 58.0 Å². The van der Waals surface area contributed by atoms with E-state index in [0.717, 1.165) is 25.9 Å². The quantitative estimate of drug-likeness (QED) is 0.206. The van der Waals surface area contributed by atoms with Gasteiger partial charge in [0.05, 0.1) is 12.3 Å². The zero-order valence-electron chi connectivity index (χ0n) is 15.1. The minimum atomic E-state index is -0.0244. The Morgan fingerprint density at radius 3 is 2.59 bits per heavy atom. The zero-order chi connectivity index (χ0) is 18.5. The lowest BCUT2D eigenvalue weighted by Crippen LogP contribution is -2.08. The van der Waals surface area contributed by atoms with E-state index in [1.807, 2.05) is 18.2 Å². The molecule has 1 aliphatic heterocycles. The van der Waals surface area contributed by atoms with Crippen LogP contribution in [0.1, 0.15) is 30.0 Å². The van der Waals surface area contributed by atoms with Crippen LogP contribution >= 0.6 is 0 Å². The maximum Gasteiger partial charge on any atom is 0.106 e. The van der Waals surface area contributed by atoms with Crippen molar-refractivity contribution in [3.05, 3.63) is 94.6 Å². The van der Waals surface area contributed by atoms with Gasteiger partial charge in [0, 0.05) is 4.91 Å². The van der Waals surface area contributed by atoms with Crippen LogP contribution in [0.2, 0.25) is 0 Å². The Hall–Kier alpha value is -3.23. The second-order valence-corrected chi connectivity index (χ2v) is 6.72. The van der Waals surface area contributed by atoms with Crippen LogP contribution in [0.15, 0.2) is 78.1 Å². The third-order valence-corrected chi connectivity index (χ3v) is 5.12. The summed E-state index contributed by atoms with van der Waals surface area (Å²) in [5.41, 5.74) is 11.4. The fourth-order valence-corrected chi connectivity index (χ4v) is 3.92. The van der Waals surface area contributed by atoms with Crippen LogP contribution in [0.5, 0.6) is 0 Å². The van der Waals surface area contributed by atoms with Gasteiger partial charge >= 0.3 is 0 Å². The molecule has 1 heterocycles. The lowest BCUT2D eigenvalue weighted by molar-refractivity contribution is 0.286. The first-order valence-corrected chi connectivity index (χ1v) is 9.29. The van der Waals surface area contributed by atoms with Crippen molar-refractivity contribution in [2.24, 2.45) is 5.11 Å². The number of fused-ring (bicyclic) bond motifs is 5. The lowest BCUT2D eigenvalue weighted by atomic mass is 9.83. The molecule has 0 spiro atoms. The van der Waals surface area contributed by atoms with Crippen molar-refractivity contribution in [1.82, 2.24) is 0 Å². The summed E-state index contributed by atoms with van der Waals surface area (Å²) >= 11 is 0. The highest BCUT2D eigenvalue weighted by Gasteiger charge is 2.21. The molecule has 0 amide bonds. The van der Waals surface area contributed by atoms with Gasteiger partial charge in [0.15, 0.2) is 0 Å². The SMILES string of the molecule is C1=CCOC=C1.[N-]=[N+]=NC1CCCc2ccc3c(ccc4ccccc43)c21. The van der Waals surface area contributed by atoms with Crippen molar-refractivity contribution in [2.75, 3.05) is 6.61 Å². The molecule has 2 aliphatic rings. The van der Waals surface area contributed by atoms with Gasteiger partial charge in [0.1, 0.15) is 6.61 Å². The Labute approximate surface area is 158 Å². The largest absolute Gasteiger partial charge is 0.497 e. The molecule has 0 bridgehead atoms. The van der Waals surface area contributed by atoms with Gasteiger partial charge in [-0.05, 0) is 69.6 Å². The molecule has 1 aliphatic carbocycles. The second kappa shape index (κ2) is 7.98. The van der Waals surface area contributed by atoms with Gasteiger partial charge < -0.3 is 4.74 Å². The number of hydrogen-bond acceptors (Lipinski definition) is 2. The van der Waals surface area contributed by atoms with Crippen molar-refractivity contribution < 1.29 is 4.74 Å². The van der Waals surface area contributed by atoms with Gasteiger partial charge in [-0.15, -0.1) is 0 Å². The molecule has 3 aromatic rings. The van der Waals surface area contributed by atoms with Gasteiger partial charge in [0.2, 0.25) is 0 Å². The molecule has 1 unspecified atom stereocenters. The number of azide groups is 1. The van der Waals surface area contributed by atoms with Gasteiger partial charge in [-0.25, -0.2) is 0 Å². The molecular formula is C23H21N3O. The third-order valence-electron chi connectivity index (χ3n) is 5.12. The first kappa shape index (κ1) is 17.2. The summed E-state index contributed by atoms with van der Waals surface area (Å²) in [6, 6.07) is 17.2. The molecule has 4 heteroatoms. The van der Waals surface area contributed by atoms with Gasteiger partial charge in [-0.3, -0.25) is 0 Å². The van der Waals surface area contributed by atoms with Crippen LogP contribution in [0.3, 0.4) is 0 Å². The van der Waals surface area contributed by atoms with E-state index in [9.17, 15) is 0 Å². The predicted octanol–water partition coefficient (Wildman–Crippen LogP) is 6.77. The highest BCUT2D eigenvalue weighted by Crippen LogP contribution is 2.39. The average molecular weight is 355 g/mol. The highest BCUT2D eigenvalue weighted by atomic mass is 16.5. The number of ether oxygens (including phenoxy) is 1. The van der Waals surface area contributed by atoms with Crippen LogP contribution in [0, 0.1) is 0 Å². The first-order valence-electron chi connectivity index (χ1n) is 9.29. The number of hydrogen-bond donors (Lipinski definition) is 0. The monoisotopic (exact) mass is 355 g/mol. The van der Waals surface area contributed by atoms with E-state index in [1.165, 1.54) is 32.7 Å². The molecule has 4 nitrogen and oxygen atoms in total. The number of benzene rings is 3. The minimum Gasteiger partial charge on any atom is -0.497 e. The zero-order valence-corrected chi connectivity index (χ0v) is 15.1. The van der Waals surface area contributed by atoms with Crippen LogP contribution in [-0.4, -0.2) is 6.61 Å². The summed E-state index contributed by atoms with van der Waals surface area (Å²) in [4.78, 5) is 3.05. The van der Waals surface area contributed by atoms with E-state index in [4.69, 9.17) is 10.3 Å². The van der Waals surface area contributed by atoms with Gasteiger partial charge in [0.25, 0.3) is 0 Å². The lowest BCUT2D eigenvalue weighted by Gasteiger charge is -2.24. The maximum atomic E-state index is 8.85. The van der Waals surface area contributed by atoms with E-state index >= 15 is 0 Å². The van der Waals surface area contributed by atoms with E-state index in [2.05, 4.69) is 58.6 Å². The molecule has 1 atom stereocenters. The average Bonchev–Trinajstić information content (AvgIpc) is 2.75. The number of rotatable bonds is 1. The Morgan fingerprint density at radius 1 is 0.963 bits per heavy atom. The minimum absolute atomic E-state index is 0.0244. The number of nitrogens with zero attached hydrogens (tertiary/aromatic N) is 3. The van der Waals surface area contributed by atoms with Crippen molar-refractivity contribution in [1.29, 1.82) is 0 Å². The number of aryl methyl sites for hydroxylation is 1. The molecule has 0 N–H and O–H groups in total. The molecule has 3 aromatic carbocycles. The summed E-state index contributed by atoms with van der Waals surface area (Å²) < 4.78 is 4.80. The van der Waals surface area contributed by atoms with Gasteiger partial charge in [-0.1, -0.05) is 59.7 Å². The molecule has 0 saturated heterocycles. The van der Waals surface area contributed by atoms with Crippen molar-refractivity contribution in [3.8, 4) is 0 Å². The molecule has 27 heavy (non-hydrogen) atoms. The molecule has 134 valence electrons. The summed E-state index contributed by atoms with van der Waals surface area (Å²) in [5, 5.41) is 9.05. The summed E-state index contributed by atoms with van der Waals surface area (Å²) in [7, 11) is 0. The second-order valence-electron chi connectivity index (χ2n) is 6.72. The Bertz CT molecular complexity index is 1070. The standard InChI is InChI=1S/C18H15N3.C5H6O/c19-21-20-17-7-3-5-13-9-10-15-14-6-2-1-4-12(14)8-11-16(15)18(13)17;1-2-4-6-5-3-1/h1-2,4,6,8-11,17H,3,5,7H2;1-4H,5H2. The fraction of sp³-hybridized carbons (Fsp3) is 0.217. The normalized spacial score (nSPS) is 17.4. The Kier molecular flexibility index (Phi) is 5.08. The molecule has 0 aromatic heterocycles. The van der Waals surface area contributed by atoms with Crippen LogP contribution in [0.25, 0.3) is 32.0 Å². The Morgan fingerprint density at radius 2 is 1.85 bits per heavy atom. The van der Waals surface area contributed by atoms with E-state index < -0.39 is 0 Å². The van der Waals surface area contributed by atoms with Crippen LogP contribution in [-0.2, 0) is 11.2 Å². The molecule has 0 radical (unpaired) electrons. The molecule has 5 rings (SSSR count). The third kappa shape index (κ3) is 3.53. The Balaban J connectivity index is 0.000000257. The van der Waals surface area contributed by atoms with E-state index in [-0.39, 0.29) is 6.04 Å². The number of allylic oxidation sites excluding steroid dienone is 2. The summed E-state index contributed by atoms with van der Waals surface area (Å²) in [6.07, 6.45) is 10.6.